The average Bonchev–Trinajstić information content (AvgIpc) is 2.05. The van der Waals surface area contributed by atoms with Crippen LogP contribution in [0, 0.1) is 17.8 Å². The van der Waals surface area contributed by atoms with Gasteiger partial charge in [0.05, 0.1) is 0 Å². The second-order valence-electron chi connectivity index (χ2n) is 4.76. The highest BCUT2D eigenvalue weighted by molar-refractivity contribution is 5.42. The molecule has 70 valence electrons. The minimum atomic E-state index is -0.166. The molecule has 0 radical (unpaired) electrons. The summed E-state index contributed by atoms with van der Waals surface area (Å²) in [5.41, 5.74) is 1.41. The number of ether oxygens (including phenoxy) is 1. The second-order valence-corrected chi connectivity index (χ2v) is 4.76. The zero-order valence-corrected chi connectivity index (χ0v) is 7.82. The predicted molar refractivity (Wildman–Crippen MR) is 48.0 cm³/mol. The zero-order valence-electron chi connectivity index (χ0n) is 7.82. The topological polar surface area (TPSA) is 26.3 Å². The van der Waals surface area contributed by atoms with Crippen LogP contribution in [-0.2, 0) is 9.53 Å². The lowest BCUT2D eigenvalue weighted by Crippen LogP contribution is -2.59. The number of allylic oxidation sites excluding steroid dienone is 1. The van der Waals surface area contributed by atoms with Crippen LogP contribution in [-0.4, -0.2) is 12.1 Å². The third-order valence-corrected chi connectivity index (χ3v) is 4.41. The molecular weight excluding hydrogens is 164 g/mol. The van der Waals surface area contributed by atoms with Gasteiger partial charge in [-0.3, -0.25) is 4.79 Å². The maximum Gasteiger partial charge on any atom is 0.293 e. The van der Waals surface area contributed by atoms with E-state index in [9.17, 15) is 4.79 Å². The highest BCUT2D eigenvalue weighted by Gasteiger charge is 2.59. The third-order valence-electron chi connectivity index (χ3n) is 4.41. The Morgan fingerprint density at radius 3 is 3.00 bits per heavy atom. The monoisotopic (exact) mass is 178 g/mol. The molecule has 5 rings (SSSR count). The Hall–Kier alpha value is -0.790. The van der Waals surface area contributed by atoms with Crippen molar-refractivity contribution in [1.82, 2.24) is 0 Å². The van der Waals surface area contributed by atoms with Gasteiger partial charge in [0.15, 0.2) is 0 Å². The molecule has 2 nitrogen and oxygen atoms in total. The normalized spacial score (nSPS) is 50.8. The molecule has 0 saturated heterocycles. The average molecular weight is 178 g/mol. The number of carbonyl (C=O) groups excluding carboxylic acids is 1. The lowest BCUT2D eigenvalue weighted by molar-refractivity contribution is -0.173. The first kappa shape index (κ1) is 7.60. The summed E-state index contributed by atoms with van der Waals surface area (Å²) < 4.78 is 5.33. The first-order valence-electron chi connectivity index (χ1n) is 5.07. The van der Waals surface area contributed by atoms with E-state index in [1.165, 1.54) is 12.8 Å². The van der Waals surface area contributed by atoms with Crippen molar-refractivity contribution in [2.75, 3.05) is 0 Å². The minimum absolute atomic E-state index is 0.166. The summed E-state index contributed by atoms with van der Waals surface area (Å²) in [7, 11) is 0. The molecule has 13 heavy (non-hydrogen) atoms. The molecule has 0 aromatic heterocycles. The van der Waals surface area contributed by atoms with E-state index in [2.05, 4.69) is 13.0 Å². The number of hydrogen-bond acceptors (Lipinski definition) is 2. The van der Waals surface area contributed by atoms with Crippen LogP contribution >= 0.6 is 0 Å². The van der Waals surface area contributed by atoms with Gasteiger partial charge in [-0.05, 0) is 32.1 Å². The number of hydrogen-bond donors (Lipinski definition) is 0. The van der Waals surface area contributed by atoms with E-state index in [-0.39, 0.29) is 5.60 Å². The Balaban J connectivity index is 1.99. The number of rotatable bonds is 2. The molecule has 4 unspecified atom stereocenters. The van der Waals surface area contributed by atoms with Crippen molar-refractivity contribution in [3.05, 3.63) is 11.6 Å². The molecule has 0 aromatic carbocycles. The molecule has 2 heteroatoms. The van der Waals surface area contributed by atoms with Gasteiger partial charge in [-0.15, -0.1) is 0 Å². The maximum absolute atomic E-state index is 10.5. The summed E-state index contributed by atoms with van der Waals surface area (Å²) in [5, 5.41) is 0. The Morgan fingerprint density at radius 2 is 2.46 bits per heavy atom. The lowest BCUT2D eigenvalue weighted by atomic mass is 9.47. The van der Waals surface area contributed by atoms with E-state index in [0.717, 1.165) is 12.3 Å². The summed E-state index contributed by atoms with van der Waals surface area (Å²) in [6, 6.07) is 0. The molecule has 0 amide bonds. The van der Waals surface area contributed by atoms with E-state index in [0.29, 0.717) is 18.3 Å². The Labute approximate surface area is 78.0 Å². The Morgan fingerprint density at radius 1 is 1.62 bits per heavy atom. The van der Waals surface area contributed by atoms with E-state index >= 15 is 0 Å². The molecule has 5 aliphatic carbocycles. The first-order valence-corrected chi connectivity index (χ1v) is 5.07. The molecule has 0 aliphatic heterocycles. The van der Waals surface area contributed by atoms with Crippen molar-refractivity contribution < 1.29 is 9.53 Å². The smallest absolute Gasteiger partial charge is 0.293 e. The standard InChI is InChI=1S/C11H14O2/c1-11(13-6-12)8-2-3-9-7(4-8)5-10(9)11/h3,6-8,10H,2,4-5H2,1H3. The fraction of sp³-hybridized carbons (Fsp3) is 0.727. The molecule has 0 N–H and O–H groups in total. The van der Waals surface area contributed by atoms with Crippen LogP contribution in [0.15, 0.2) is 11.6 Å². The molecular formula is C11H14O2. The molecule has 0 spiro atoms. The van der Waals surface area contributed by atoms with Gasteiger partial charge in [-0.1, -0.05) is 11.6 Å². The molecule has 3 saturated carbocycles. The molecule has 0 heterocycles. The van der Waals surface area contributed by atoms with Gasteiger partial charge in [0, 0.05) is 11.8 Å². The molecule has 3 fully saturated rings. The van der Waals surface area contributed by atoms with E-state index < -0.39 is 0 Å². The van der Waals surface area contributed by atoms with Crippen LogP contribution in [0.4, 0.5) is 0 Å². The van der Waals surface area contributed by atoms with Crippen LogP contribution in [0.1, 0.15) is 26.2 Å². The Bertz CT molecular complexity index is 294. The highest BCUT2D eigenvalue weighted by Crippen LogP contribution is 2.62. The van der Waals surface area contributed by atoms with Crippen molar-refractivity contribution in [2.45, 2.75) is 31.8 Å². The molecule has 0 aromatic rings. The van der Waals surface area contributed by atoms with Crippen molar-refractivity contribution in [1.29, 1.82) is 0 Å². The van der Waals surface area contributed by atoms with Crippen LogP contribution in [0.3, 0.4) is 0 Å². The Kier molecular flexibility index (Phi) is 1.27. The summed E-state index contributed by atoms with van der Waals surface area (Å²) in [6.45, 7) is 2.74. The van der Waals surface area contributed by atoms with Crippen molar-refractivity contribution in [2.24, 2.45) is 17.8 Å². The third kappa shape index (κ3) is 0.725. The molecule has 4 atom stereocenters. The predicted octanol–water partition coefficient (Wildman–Crippen LogP) is 1.90. The quantitative estimate of drug-likeness (QED) is 0.477. The van der Waals surface area contributed by atoms with E-state index in [1.54, 1.807) is 5.57 Å². The van der Waals surface area contributed by atoms with Crippen LogP contribution in [0.25, 0.3) is 0 Å². The van der Waals surface area contributed by atoms with Crippen LogP contribution < -0.4 is 0 Å². The zero-order chi connectivity index (χ0) is 9.05. The molecule has 5 aliphatic rings. The number of fused-ring (bicyclic) bond motifs is 1. The van der Waals surface area contributed by atoms with Crippen molar-refractivity contribution in [3.63, 3.8) is 0 Å². The van der Waals surface area contributed by atoms with E-state index in [1.807, 2.05) is 0 Å². The van der Waals surface area contributed by atoms with Gasteiger partial charge >= 0.3 is 0 Å². The number of carbonyl (C=O) groups is 1. The second kappa shape index (κ2) is 2.17. The van der Waals surface area contributed by atoms with E-state index in [4.69, 9.17) is 4.74 Å². The largest absolute Gasteiger partial charge is 0.461 e. The summed E-state index contributed by atoms with van der Waals surface area (Å²) in [4.78, 5) is 10.5. The summed E-state index contributed by atoms with van der Waals surface area (Å²) in [5.74, 6) is 1.97. The van der Waals surface area contributed by atoms with Crippen LogP contribution in [0.5, 0.6) is 0 Å². The summed E-state index contributed by atoms with van der Waals surface area (Å²) >= 11 is 0. The SMILES string of the molecule is CC1(OC=O)C2CC=C3C(C2)CC31. The lowest BCUT2D eigenvalue weighted by Gasteiger charge is -2.60. The van der Waals surface area contributed by atoms with Gasteiger partial charge in [-0.2, -0.15) is 0 Å². The summed E-state index contributed by atoms with van der Waals surface area (Å²) in [6.07, 6.45) is 5.98. The van der Waals surface area contributed by atoms with Crippen molar-refractivity contribution in [3.8, 4) is 0 Å². The van der Waals surface area contributed by atoms with Gasteiger partial charge in [0.1, 0.15) is 5.60 Å². The van der Waals surface area contributed by atoms with Crippen LogP contribution in [0.2, 0.25) is 0 Å². The van der Waals surface area contributed by atoms with Gasteiger partial charge in [0.2, 0.25) is 0 Å². The van der Waals surface area contributed by atoms with Gasteiger partial charge in [0.25, 0.3) is 6.47 Å². The van der Waals surface area contributed by atoms with Gasteiger partial charge in [-0.25, -0.2) is 0 Å². The molecule has 4 bridgehead atoms. The van der Waals surface area contributed by atoms with Gasteiger partial charge < -0.3 is 4.74 Å². The fourth-order valence-corrected chi connectivity index (χ4v) is 3.54. The fourth-order valence-electron chi connectivity index (χ4n) is 3.54. The highest BCUT2D eigenvalue weighted by atomic mass is 16.5. The maximum atomic E-state index is 10.5. The first-order chi connectivity index (χ1) is 6.25. The van der Waals surface area contributed by atoms with Crippen molar-refractivity contribution >= 4 is 6.47 Å². The minimum Gasteiger partial charge on any atom is -0.461 e.